The van der Waals surface area contributed by atoms with E-state index in [1.54, 1.807) is 0 Å². The lowest BCUT2D eigenvalue weighted by atomic mass is 10.3. The molecule has 0 aliphatic heterocycles. The van der Waals surface area contributed by atoms with Crippen molar-refractivity contribution in [1.29, 1.82) is 0 Å². The Morgan fingerprint density at radius 3 is 2.45 bits per heavy atom. The molecule has 0 bridgehead atoms. The second-order valence-corrected chi connectivity index (χ2v) is 2.78. The number of unbranched alkanes of at least 4 members (excludes halogenated alkanes) is 2. The lowest BCUT2D eigenvalue weighted by Crippen LogP contribution is -2.08. The number of hydrogen-bond donors (Lipinski definition) is 1. The van der Waals surface area contributed by atoms with Crippen molar-refractivity contribution in [2.75, 3.05) is 26.8 Å². The third-order valence-electron chi connectivity index (χ3n) is 1.61. The number of ether oxygens (including phenoxy) is 1. The zero-order valence-electron chi connectivity index (χ0n) is 7.86. The number of nitrogens with one attached hydrogen (secondary N) is 1. The Morgan fingerprint density at radius 1 is 1.09 bits per heavy atom. The van der Waals surface area contributed by atoms with Gasteiger partial charge in [-0.1, -0.05) is 13.3 Å². The summed E-state index contributed by atoms with van der Waals surface area (Å²) in [7, 11) is 1.98. The molecule has 0 aromatic carbocycles. The van der Waals surface area contributed by atoms with E-state index in [0.717, 1.165) is 19.8 Å². The maximum absolute atomic E-state index is 5.39. The summed E-state index contributed by atoms with van der Waals surface area (Å²) in [4.78, 5) is 0. The topological polar surface area (TPSA) is 21.3 Å². The summed E-state index contributed by atoms with van der Waals surface area (Å²) in [5, 5.41) is 3.11. The summed E-state index contributed by atoms with van der Waals surface area (Å²) in [6.07, 6.45) is 4.84. The fourth-order valence-electron chi connectivity index (χ4n) is 0.854. The summed E-state index contributed by atoms with van der Waals surface area (Å²) in [6.45, 7) is 5.17. The zero-order chi connectivity index (χ0) is 8.36. The van der Waals surface area contributed by atoms with E-state index in [4.69, 9.17) is 4.74 Å². The van der Waals surface area contributed by atoms with Gasteiger partial charge in [0.1, 0.15) is 0 Å². The van der Waals surface area contributed by atoms with Crippen LogP contribution in [-0.4, -0.2) is 26.8 Å². The first kappa shape index (κ1) is 10.9. The van der Waals surface area contributed by atoms with E-state index in [0.29, 0.717) is 0 Å². The smallest absolute Gasteiger partial charge is 0.0466 e. The van der Waals surface area contributed by atoms with Crippen LogP contribution >= 0.6 is 0 Å². The molecule has 0 heterocycles. The van der Waals surface area contributed by atoms with Crippen molar-refractivity contribution in [3.05, 3.63) is 0 Å². The lowest BCUT2D eigenvalue weighted by Gasteiger charge is -2.02. The Balaban J connectivity index is 2.69. The molecule has 0 saturated carbocycles. The van der Waals surface area contributed by atoms with Crippen molar-refractivity contribution in [3.63, 3.8) is 0 Å². The first-order valence-electron chi connectivity index (χ1n) is 4.64. The average molecular weight is 159 g/mol. The maximum atomic E-state index is 5.39. The molecule has 0 atom stereocenters. The van der Waals surface area contributed by atoms with E-state index in [-0.39, 0.29) is 0 Å². The molecular formula is C9H21NO. The molecule has 1 N–H and O–H groups in total. The highest BCUT2D eigenvalue weighted by atomic mass is 16.5. The predicted octanol–water partition coefficient (Wildman–Crippen LogP) is 1.80. The second-order valence-electron chi connectivity index (χ2n) is 2.78. The van der Waals surface area contributed by atoms with Gasteiger partial charge in [0.2, 0.25) is 0 Å². The van der Waals surface area contributed by atoms with E-state index < -0.39 is 0 Å². The van der Waals surface area contributed by atoms with Gasteiger partial charge in [-0.2, -0.15) is 0 Å². The standard InChI is InChI=1S/C9H21NO/c1-3-4-8-11-9-6-5-7-10-2/h10H,3-9H2,1-2H3. The van der Waals surface area contributed by atoms with Gasteiger partial charge in [-0.3, -0.25) is 0 Å². The van der Waals surface area contributed by atoms with E-state index >= 15 is 0 Å². The highest BCUT2D eigenvalue weighted by Gasteiger charge is 1.87. The molecule has 0 unspecified atom stereocenters. The van der Waals surface area contributed by atoms with Crippen LogP contribution in [0.25, 0.3) is 0 Å². The van der Waals surface area contributed by atoms with Crippen molar-refractivity contribution in [3.8, 4) is 0 Å². The van der Waals surface area contributed by atoms with Gasteiger partial charge in [-0.25, -0.2) is 0 Å². The van der Waals surface area contributed by atoms with Crippen molar-refractivity contribution < 1.29 is 4.74 Å². The van der Waals surface area contributed by atoms with Gasteiger partial charge in [-0.05, 0) is 32.9 Å². The van der Waals surface area contributed by atoms with Crippen LogP contribution in [0.15, 0.2) is 0 Å². The zero-order valence-corrected chi connectivity index (χ0v) is 7.86. The summed E-state index contributed by atoms with van der Waals surface area (Å²) >= 11 is 0. The van der Waals surface area contributed by atoms with Crippen LogP contribution in [0, 0.1) is 0 Å². The van der Waals surface area contributed by atoms with Crippen molar-refractivity contribution in [2.45, 2.75) is 32.6 Å². The Labute approximate surface area is 70.3 Å². The third kappa shape index (κ3) is 9.92. The molecule has 0 spiro atoms. The second kappa shape index (κ2) is 9.92. The van der Waals surface area contributed by atoms with Crippen LogP contribution in [0.2, 0.25) is 0 Å². The molecule has 0 aromatic heterocycles. The Hall–Kier alpha value is -0.0800. The molecule has 2 heteroatoms. The fourth-order valence-corrected chi connectivity index (χ4v) is 0.854. The highest BCUT2D eigenvalue weighted by Crippen LogP contribution is 1.91. The van der Waals surface area contributed by atoms with Gasteiger partial charge in [0.05, 0.1) is 0 Å². The largest absolute Gasteiger partial charge is 0.381 e. The monoisotopic (exact) mass is 159 g/mol. The Kier molecular flexibility index (Phi) is 9.85. The molecule has 0 rings (SSSR count). The summed E-state index contributed by atoms with van der Waals surface area (Å²) in [6, 6.07) is 0. The van der Waals surface area contributed by atoms with Gasteiger partial charge in [0.15, 0.2) is 0 Å². The predicted molar refractivity (Wildman–Crippen MR) is 48.9 cm³/mol. The summed E-state index contributed by atoms with van der Waals surface area (Å²) in [5.74, 6) is 0. The minimum Gasteiger partial charge on any atom is -0.381 e. The molecule has 2 nitrogen and oxygen atoms in total. The van der Waals surface area contributed by atoms with E-state index in [1.165, 1.54) is 25.7 Å². The van der Waals surface area contributed by atoms with Gasteiger partial charge < -0.3 is 10.1 Å². The van der Waals surface area contributed by atoms with Crippen LogP contribution in [0.4, 0.5) is 0 Å². The normalized spacial score (nSPS) is 10.4. The Bertz CT molecular complexity index is 58.6. The molecular weight excluding hydrogens is 138 g/mol. The minimum atomic E-state index is 0.932. The van der Waals surface area contributed by atoms with Crippen LogP contribution in [0.5, 0.6) is 0 Å². The van der Waals surface area contributed by atoms with E-state index in [2.05, 4.69) is 12.2 Å². The Morgan fingerprint density at radius 2 is 1.82 bits per heavy atom. The van der Waals surface area contributed by atoms with Crippen molar-refractivity contribution in [2.24, 2.45) is 0 Å². The van der Waals surface area contributed by atoms with Crippen LogP contribution in [0.3, 0.4) is 0 Å². The van der Waals surface area contributed by atoms with Crippen molar-refractivity contribution >= 4 is 0 Å². The molecule has 0 saturated heterocycles. The molecule has 11 heavy (non-hydrogen) atoms. The summed E-state index contributed by atoms with van der Waals surface area (Å²) < 4.78 is 5.39. The molecule has 68 valence electrons. The average Bonchev–Trinajstić information content (AvgIpc) is 2.03. The van der Waals surface area contributed by atoms with Gasteiger partial charge in [0, 0.05) is 13.2 Å². The number of hydrogen-bond acceptors (Lipinski definition) is 2. The molecule has 0 aromatic rings. The molecule has 0 fully saturated rings. The minimum absolute atomic E-state index is 0.932. The first-order chi connectivity index (χ1) is 5.41. The van der Waals surface area contributed by atoms with Crippen LogP contribution in [0.1, 0.15) is 32.6 Å². The van der Waals surface area contributed by atoms with Crippen molar-refractivity contribution in [1.82, 2.24) is 5.32 Å². The number of rotatable bonds is 8. The van der Waals surface area contributed by atoms with Crippen LogP contribution in [-0.2, 0) is 4.74 Å². The summed E-state index contributed by atoms with van der Waals surface area (Å²) in [5.41, 5.74) is 0. The van der Waals surface area contributed by atoms with Gasteiger partial charge in [0.25, 0.3) is 0 Å². The van der Waals surface area contributed by atoms with Gasteiger partial charge >= 0.3 is 0 Å². The fraction of sp³-hybridized carbons (Fsp3) is 1.00. The quantitative estimate of drug-likeness (QED) is 0.545. The highest BCUT2D eigenvalue weighted by molar-refractivity contribution is 4.41. The SMILES string of the molecule is CCCCOCCCCNC. The molecule has 0 amide bonds. The van der Waals surface area contributed by atoms with E-state index in [9.17, 15) is 0 Å². The maximum Gasteiger partial charge on any atom is 0.0466 e. The van der Waals surface area contributed by atoms with Gasteiger partial charge in [-0.15, -0.1) is 0 Å². The molecule has 0 radical (unpaired) electrons. The van der Waals surface area contributed by atoms with E-state index in [1.807, 2.05) is 7.05 Å². The molecule has 0 aliphatic rings. The third-order valence-corrected chi connectivity index (χ3v) is 1.61. The lowest BCUT2D eigenvalue weighted by molar-refractivity contribution is 0.127. The first-order valence-corrected chi connectivity index (χ1v) is 4.64. The molecule has 0 aliphatic carbocycles. The van der Waals surface area contributed by atoms with Crippen LogP contribution < -0.4 is 5.32 Å².